The van der Waals surface area contributed by atoms with Gasteiger partial charge >= 0.3 is 0 Å². The van der Waals surface area contributed by atoms with Gasteiger partial charge in [-0.05, 0) is 39.8 Å². The molecule has 1 heterocycles. The first kappa shape index (κ1) is 17.5. The molecule has 1 saturated heterocycles. The molecular formula is C17H35N5. The van der Waals surface area contributed by atoms with Crippen molar-refractivity contribution in [2.45, 2.75) is 51.6 Å². The zero-order valence-corrected chi connectivity index (χ0v) is 14.9. The highest BCUT2D eigenvalue weighted by Gasteiger charge is 2.23. The van der Waals surface area contributed by atoms with Crippen molar-refractivity contribution >= 4 is 5.96 Å². The number of hydrogen-bond acceptors (Lipinski definition) is 3. The molecule has 0 amide bonds. The van der Waals surface area contributed by atoms with Crippen molar-refractivity contribution in [1.82, 2.24) is 20.4 Å². The molecule has 5 nitrogen and oxygen atoms in total. The van der Waals surface area contributed by atoms with Gasteiger partial charge < -0.3 is 15.5 Å². The first-order valence-electron chi connectivity index (χ1n) is 9.02. The predicted molar refractivity (Wildman–Crippen MR) is 94.4 cm³/mol. The molecule has 5 heteroatoms. The number of piperazine rings is 1. The van der Waals surface area contributed by atoms with E-state index in [2.05, 4.69) is 48.4 Å². The van der Waals surface area contributed by atoms with Gasteiger partial charge in [-0.1, -0.05) is 19.8 Å². The number of likely N-dealkylation sites (N-methyl/N-ethyl adjacent to an activating group) is 2. The minimum Gasteiger partial charge on any atom is -0.357 e. The summed E-state index contributed by atoms with van der Waals surface area (Å²) in [7, 11) is 4.42. The lowest BCUT2D eigenvalue weighted by Crippen LogP contribution is -2.52. The summed E-state index contributed by atoms with van der Waals surface area (Å²) < 4.78 is 0. The number of aliphatic imine (C=N–C) groups is 1. The molecule has 2 fully saturated rings. The standard InChI is InChI=1S/C17H35N5/c1-5-18-17(20-15-8-6-7-14(2)11-15)19-12-16-13-21(3)9-10-22(16)4/h14-16H,5-13H2,1-4H3,(H2,18,19,20). The normalized spacial score (nSPS) is 32.0. The topological polar surface area (TPSA) is 42.9 Å². The second-order valence-electron chi connectivity index (χ2n) is 7.23. The highest BCUT2D eigenvalue weighted by atomic mass is 15.3. The van der Waals surface area contributed by atoms with Gasteiger partial charge in [0.15, 0.2) is 5.96 Å². The summed E-state index contributed by atoms with van der Waals surface area (Å²) in [4.78, 5) is 9.71. The van der Waals surface area contributed by atoms with Crippen LogP contribution in [0.1, 0.15) is 39.5 Å². The van der Waals surface area contributed by atoms with Gasteiger partial charge in [-0.2, -0.15) is 0 Å². The Labute approximate surface area is 136 Å². The summed E-state index contributed by atoms with van der Waals surface area (Å²) in [5.41, 5.74) is 0. The van der Waals surface area contributed by atoms with Crippen molar-refractivity contribution in [1.29, 1.82) is 0 Å². The van der Waals surface area contributed by atoms with E-state index in [9.17, 15) is 0 Å². The Hall–Kier alpha value is -0.810. The molecule has 2 rings (SSSR count). The van der Waals surface area contributed by atoms with E-state index in [1.54, 1.807) is 0 Å². The molecule has 2 N–H and O–H groups in total. The summed E-state index contributed by atoms with van der Waals surface area (Å²) in [6, 6.07) is 1.12. The van der Waals surface area contributed by atoms with E-state index in [1.807, 2.05) is 0 Å². The van der Waals surface area contributed by atoms with Crippen LogP contribution in [0, 0.1) is 5.92 Å². The van der Waals surface area contributed by atoms with Crippen LogP contribution >= 0.6 is 0 Å². The summed E-state index contributed by atoms with van der Waals surface area (Å²) in [6.45, 7) is 9.72. The van der Waals surface area contributed by atoms with Gasteiger partial charge in [-0.3, -0.25) is 9.89 Å². The van der Waals surface area contributed by atoms with E-state index in [0.717, 1.165) is 44.6 Å². The molecule has 3 atom stereocenters. The van der Waals surface area contributed by atoms with Crippen LogP contribution in [0.15, 0.2) is 4.99 Å². The zero-order chi connectivity index (χ0) is 15.9. The van der Waals surface area contributed by atoms with Crippen molar-refractivity contribution in [3.05, 3.63) is 0 Å². The summed E-state index contributed by atoms with van der Waals surface area (Å²) in [5.74, 6) is 1.84. The van der Waals surface area contributed by atoms with Crippen molar-refractivity contribution in [2.24, 2.45) is 10.9 Å². The molecule has 2 aliphatic rings. The van der Waals surface area contributed by atoms with Crippen LogP contribution in [0.3, 0.4) is 0 Å². The third-order valence-corrected chi connectivity index (χ3v) is 5.06. The van der Waals surface area contributed by atoms with Crippen molar-refractivity contribution in [3.63, 3.8) is 0 Å². The van der Waals surface area contributed by atoms with Crippen LogP contribution in [0.4, 0.5) is 0 Å². The molecule has 0 bridgehead atoms. The Morgan fingerprint density at radius 3 is 2.77 bits per heavy atom. The lowest BCUT2D eigenvalue weighted by atomic mass is 9.87. The smallest absolute Gasteiger partial charge is 0.191 e. The SMILES string of the molecule is CCNC(=NCC1CN(C)CCN1C)NC1CCCC(C)C1. The van der Waals surface area contributed by atoms with Crippen LogP contribution in [0.5, 0.6) is 0 Å². The quantitative estimate of drug-likeness (QED) is 0.608. The van der Waals surface area contributed by atoms with Crippen molar-refractivity contribution < 1.29 is 0 Å². The van der Waals surface area contributed by atoms with Gasteiger partial charge in [-0.15, -0.1) is 0 Å². The minimum absolute atomic E-state index is 0.527. The average molecular weight is 310 g/mol. The Kier molecular flexibility index (Phi) is 6.96. The summed E-state index contributed by atoms with van der Waals surface area (Å²) >= 11 is 0. The number of guanidine groups is 1. The number of nitrogens with zero attached hydrogens (tertiary/aromatic N) is 3. The maximum Gasteiger partial charge on any atom is 0.191 e. The summed E-state index contributed by atoms with van der Waals surface area (Å²) in [5, 5.41) is 7.08. The second kappa shape index (κ2) is 8.73. The van der Waals surface area contributed by atoms with Gasteiger partial charge in [0, 0.05) is 38.3 Å². The molecule has 0 aromatic heterocycles. The highest BCUT2D eigenvalue weighted by molar-refractivity contribution is 5.80. The molecule has 0 radical (unpaired) electrons. The zero-order valence-electron chi connectivity index (χ0n) is 14.9. The van der Waals surface area contributed by atoms with Gasteiger partial charge in [0.25, 0.3) is 0 Å². The molecule has 1 aliphatic heterocycles. The largest absolute Gasteiger partial charge is 0.357 e. The molecule has 1 saturated carbocycles. The Bertz CT molecular complexity index is 357. The average Bonchev–Trinajstić information content (AvgIpc) is 2.48. The fourth-order valence-electron chi connectivity index (χ4n) is 3.57. The van der Waals surface area contributed by atoms with E-state index in [1.165, 1.54) is 25.7 Å². The van der Waals surface area contributed by atoms with Crippen molar-refractivity contribution in [3.8, 4) is 0 Å². The number of nitrogens with one attached hydrogen (secondary N) is 2. The molecule has 1 aliphatic carbocycles. The Balaban J connectivity index is 1.88. The first-order chi connectivity index (χ1) is 10.6. The first-order valence-corrected chi connectivity index (χ1v) is 9.02. The van der Waals surface area contributed by atoms with Gasteiger partial charge in [-0.25, -0.2) is 0 Å². The van der Waals surface area contributed by atoms with E-state index in [0.29, 0.717) is 12.1 Å². The monoisotopic (exact) mass is 309 g/mol. The van der Waals surface area contributed by atoms with Crippen LogP contribution < -0.4 is 10.6 Å². The lowest BCUT2D eigenvalue weighted by Gasteiger charge is -2.37. The van der Waals surface area contributed by atoms with E-state index < -0.39 is 0 Å². The fraction of sp³-hybridized carbons (Fsp3) is 0.941. The number of rotatable bonds is 4. The predicted octanol–water partition coefficient (Wildman–Crippen LogP) is 1.37. The van der Waals surface area contributed by atoms with Crippen LogP contribution in [-0.4, -0.2) is 74.7 Å². The molecular weight excluding hydrogens is 274 g/mol. The van der Waals surface area contributed by atoms with Gasteiger partial charge in [0.05, 0.1) is 6.54 Å². The van der Waals surface area contributed by atoms with Crippen molar-refractivity contribution in [2.75, 3.05) is 46.8 Å². The molecule has 3 unspecified atom stereocenters. The van der Waals surface area contributed by atoms with Crippen LogP contribution in [0.2, 0.25) is 0 Å². The fourth-order valence-corrected chi connectivity index (χ4v) is 3.57. The van der Waals surface area contributed by atoms with Crippen LogP contribution in [0.25, 0.3) is 0 Å². The molecule has 0 spiro atoms. The van der Waals surface area contributed by atoms with E-state index in [-0.39, 0.29) is 0 Å². The third kappa shape index (κ3) is 5.43. The maximum absolute atomic E-state index is 4.87. The minimum atomic E-state index is 0.527. The Morgan fingerprint density at radius 1 is 1.23 bits per heavy atom. The number of hydrogen-bond donors (Lipinski definition) is 2. The summed E-state index contributed by atoms with van der Waals surface area (Å²) in [6.07, 6.45) is 5.27. The molecule has 0 aromatic rings. The second-order valence-corrected chi connectivity index (χ2v) is 7.23. The lowest BCUT2D eigenvalue weighted by molar-refractivity contribution is 0.119. The van der Waals surface area contributed by atoms with Gasteiger partial charge in [0.2, 0.25) is 0 Å². The maximum atomic E-state index is 4.87. The molecule has 22 heavy (non-hydrogen) atoms. The van der Waals surface area contributed by atoms with Gasteiger partial charge in [0.1, 0.15) is 0 Å². The molecule has 128 valence electrons. The van der Waals surface area contributed by atoms with Crippen LogP contribution in [-0.2, 0) is 0 Å². The van der Waals surface area contributed by atoms with E-state index >= 15 is 0 Å². The highest BCUT2D eigenvalue weighted by Crippen LogP contribution is 2.23. The Morgan fingerprint density at radius 2 is 2.05 bits per heavy atom. The third-order valence-electron chi connectivity index (χ3n) is 5.06. The van der Waals surface area contributed by atoms with E-state index in [4.69, 9.17) is 4.99 Å². The molecule has 0 aromatic carbocycles.